The highest BCUT2D eigenvalue weighted by Gasteiger charge is 2.40. The fourth-order valence-electron chi connectivity index (χ4n) is 4.23. The first-order valence-corrected chi connectivity index (χ1v) is 14.0. The molecule has 1 fully saturated rings. The average molecular weight is 512 g/mol. The van der Waals surface area contributed by atoms with Crippen LogP contribution in [0.1, 0.15) is 53.4 Å². The Morgan fingerprint density at radius 2 is 2.00 bits per heavy atom. The van der Waals surface area contributed by atoms with Gasteiger partial charge in [0, 0.05) is 11.4 Å². The number of aryl methyl sites for hydroxylation is 1. The van der Waals surface area contributed by atoms with Crippen LogP contribution in [0, 0.1) is 0 Å². The standard InChI is InChI=1S/C21H25N3O6S3/c1-2-30-21(27)23-19(26)17-13-7-3-4-9-15(13)32-20(17)22-18(25)14-8-5-11-24(14)33(28,29)16-10-6-12-31-16/h6,10,12,14H,2-5,7-9,11H2,1H3,(H,22,25)(H,23,26,27). The lowest BCUT2D eigenvalue weighted by atomic mass is 9.95. The Bertz CT molecular complexity index is 1160. The van der Waals surface area contributed by atoms with Crippen LogP contribution in [0.5, 0.6) is 0 Å². The van der Waals surface area contributed by atoms with E-state index in [0.29, 0.717) is 24.3 Å². The summed E-state index contributed by atoms with van der Waals surface area (Å²) >= 11 is 2.43. The summed E-state index contributed by atoms with van der Waals surface area (Å²) in [5.74, 6) is -1.10. The summed E-state index contributed by atoms with van der Waals surface area (Å²) in [6.07, 6.45) is 3.47. The molecule has 0 saturated carbocycles. The highest BCUT2D eigenvalue weighted by Crippen LogP contribution is 2.39. The highest BCUT2D eigenvalue weighted by molar-refractivity contribution is 7.91. The van der Waals surface area contributed by atoms with Crippen LogP contribution in [0.3, 0.4) is 0 Å². The number of carbonyl (C=O) groups excluding carboxylic acids is 3. The van der Waals surface area contributed by atoms with E-state index in [-0.39, 0.29) is 22.9 Å². The number of nitrogens with one attached hydrogen (secondary N) is 2. The Labute approximate surface area is 200 Å². The average Bonchev–Trinajstić information content (AvgIpc) is 3.52. The Hall–Kier alpha value is -2.28. The van der Waals surface area contributed by atoms with Crippen molar-refractivity contribution in [3.05, 3.63) is 33.5 Å². The molecule has 178 valence electrons. The summed E-state index contributed by atoms with van der Waals surface area (Å²) in [5.41, 5.74) is 1.10. The third-order valence-electron chi connectivity index (χ3n) is 5.69. The molecule has 0 aromatic carbocycles. The van der Waals surface area contributed by atoms with E-state index in [2.05, 4.69) is 10.6 Å². The van der Waals surface area contributed by atoms with Gasteiger partial charge in [-0.3, -0.25) is 14.9 Å². The van der Waals surface area contributed by atoms with Crippen LogP contribution in [-0.4, -0.2) is 49.8 Å². The highest BCUT2D eigenvalue weighted by atomic mass is 32.2. The first kappa shape index (κ1) is 23.9. The number of rotatable bonds is 6. The summed E-state index contributed by atoms with van der Waals surface area (Å²) in [4.78, 5) is 38.9. The second-order valence-corrected chi connectivity index (χ2v) is 12.0. The molecule has 12 heteroatoms. The van der Waals surface area contributed by atoms with Crippen molar-refractivity contribution in [2.75, 3.05) is 18.5 Å². The van der Waals surface area contributed by atoms with Crippen LogP contribution in [0.2, 0.25) is 0 Å². The van der Waals surface area contributed by atoms with Gasteiger partial charge in [0.25, 0.3) is 15.9 Å². The van der Waals surface area contributed by atoms with Gasteiger partial charge in [0.2, 0.25) is 5.91 Å². The molecule has 0 bridgehead atoms. The van der Waals surface area contributed by atoms with Gasteiger partial charge in [-0.15, -0.1) is 22.7 Å². The third kappa shape index (κ3) is 4.84. The number of thiophene rings is 2. The molecule has 0 spiro atoms. The summed E-state index contributed by atoms with van der Waals surface area (Å²) in [6.45, 7) is 2.02. The Balaban J connectivity index is 1.59. The second-order valence-electron chi connectivity index (χ2n) is 7.78. The molecule has 1 unspecified atom stereocenters. The van der Waals surface area contributed by atoms with Gasteiger partial charge in [0.1, 0.15) is 15.3 Å². The van der Waals surface area contributed by atoms with Crippen molar-refractivity contribution < 1.29 is 27.5 Å². The normalized spacial score (nSPS) is 18.5. The number of fused-ring (bicyclic) bond motifs is 1. The second kappa shape index (κ2) is 9.92. The van der Waals surface area contributed by atoms with Crippen molar-refractivity contribution in [1.82, 2.24) is 9.62 Å². The summed E-state index contributed by atoms with van der Waals surface area (Å²) in [5, 5.41) is 7.05. The molecule has 1 atom stereocenters. The van der Waals surface area contributed by atoms with Crippen molar-refractivity contribution in [2.24, 2.45) is 0 Å². The van der Waals surface area contributed by atoms with Crippen molar-refractivity contribution in [2.45, 2.75) is 55.7 Å². The number of anilines is 1. The number of sulfonamides is 1. The van der Waals surface area contributed by atoms with E-state index >= 15 is 0 Å². The number of nitrogens with zero attached hydrogens (tertiary/aromatic N) is 1. The molecule has 3 amide bonds. The minimum Gasteiger partial charge on any atom is -0.450 e. The van der Waals surface area contributed by atoms with Crippen molar-refractivity contribution in [3.63, 3.8) is 0 Å². The number of alkyl carbamates (subject to hydrolysis) is 1. The topological polar surface area (TPSA) is 122 Å². The van der Waals surface area contributed by atoms with E-state index in [1.165, 1.54) is 21.7 Å². The Morgan fingerprint density at radius 1 is 1.21 bits per heavy atom. The van der Waals surface area contributed by atoms with Gasteiger partial charge in [0.05, 0.1) is 12.2 Å². The van der Waals surface area contributed by atoms with Gasteiger partial charge in [-0.25, -0.2) is 13.2 Å². The van der Waals surface area contributed by atoms with Crippen LogP contribution in [0.15, 0.2) is 21.7 Å². The van der Waals surface area contributed by atoms with E-state index in [4.69, 9.17) is 4.74 Å². The minimum absolute atomic E-state index is 0.126. The number of carbonyl (C=O) groups is 3. The fraction of sp³-hybridized carbons (Fsp3) is 0.476. The largest absolute Gasteiger partial charge is 0.450 e. The molecule has 1 aliphatic carbocycles. The lowest BCUT2D eigenvalue weighted by Gasteiger charge is -2.22. The van der Waals surface area contributed by atoms with Crippen LogP contribution >= 0.6 is 22.7 Å². The third-order valence-corrected chi connectivity index (χ3v) is 10.2. The van der Waals surface area contributed by atoms with Crippen molar-refractivity contribution >= 4 is 55.6 Å². The smallest absolute Gasteiger partial charge is 0.414 e. The summed E-state index contributed by atoms with van der Waals surface area (Å²) in [6, 6.07) is 2.32. The molecule has 4 rings (SSSR count). The molecular weight excluding hydrogens is 486 g/mol. The first-order chi connectivity index (χ1) is 15.8. The SMILES string of the molecule is CCOC(=O)NC(=O)c1c(NC(=O)C2CCCN2S(=O)(=O)c2cccs2)sc2c1CCCC2. The molecule has 2 aliphatic rings. The molecule has 2 aromatic heterocycles. The van der Waals surface area contributed by atoms with Crippen molar-refractivity contribution in [1.29, 1.82) is 0 Å². The van der Waals surface area contributed by atoms with Gasteiger partial charge >= 0.3 is 6.09 Å². The van der Waals surface area contributed by atoms with Crippen molar-refractivity contribution in [3.8, 4) is 0 Å². The molecule has 33 heavy (non-hydrogen) atoms. The molecule has 1 saturated heterocycles. The number of hydrogen-bond donors (Lipinski definition) is 2. The lowest BCUT2D eigenvalue weighted by Crippen LogP contribution is -2.43. The zero-order valence-corrected chi connectivity index (χ0v) is 20.5. The van der Waals surface area contributed by atoms with Gasteiger partial charge in [-0.05, 0) is 62.5 Å². The molecule has 0 radical (unpaired) electrons. The molecular formula is C21H25N3O6S3. The molecule has 9 nitrogen and oxygen atoms in total. The number of imide groups is 1. The minimum atomic E-state index is -3.78. The van der Waals surface area contributed by atoms with E-state index < -0.39 is 34.0 Å². The lowest BCUT2D eigenvalue weighted by molar-refractivity contribution is -0.119. The molecule has 2 aromatic rings. The fourth-order valence-corrected chi connectivity index (χ4v) is 8.29. The maximum atomic E-state index is 13.2. The number of hydrogen-bond acceptors (Lipinski definition) is 8. The molecule has 2 N–H and O–H groups in total. The van der Waals surface area contributed by atoms with E-state index in [9.17, 15) is 22.8 Å². The Kier molecular flexibility index (Phi) is 7.17. The first-order valence-electron chi connectivity index (χ1n) is 10.8. The van der Waals surface area contributed by atoms with Gasteiger partial charge < -0.3 is 10.1 Å². The monoisotopic (exact) mass is 511 g/mol. The van der Waals surface area contributed by atoms with Crippen LogP contribution < -0.4 is 10.6 Å². The maximum absolute atomic E-state index is 13.2. The zero-order valence-electron chi connectivity index (χ0n) is 18.1. The number of amides is 3. The Morgan fingerprint density at radius 3 is 2.73 bits per heavy atom. The van der Waals surface area contributed by atoms with Gasteiger partial charge in [-0.1, -0.05) is 6.07 Å². The van der Waals surface area contributed by atoms with Crippen LogP contribution in [0.25, 0.3) is 0 Å². The van der Waals surface area contributed by atoms with E-state index in [1.54, 1.807) is 18.4 Å². The summed E-state index contributed by atoms with van der Waals surface area (Å²) < 4.78 is 32.3. The quantitative estimate of drug-likeness (QED) is 0.613. The van der Waals surface area contributed by atoms with Gasteiger partial charge in [0.15, 0.2) is 0 Å². The van der Waals surface area contributed by atoms with E-state index in [1.807, 2.05) is 0 Å². The molecule has 1 aliphatic heterocycles. The van der Waals surface area contributed by atoms with Gasteiger partial charge in [-0.2, -0.15) is 4.31 Å². The van der Waals surface area contributed by atoms with Crippen LogP contribution in [0.4, 0.5) is 9.80 Å². The zero-order chi connectivity index (χ0) is 23.6. The van der Waals surface area contributed by atoms with Crippen LogP contribution in [-0.2, 0) is 32.4 Å². The predicted octanol–water partition coefficient (Wildman–Crippen LogP) is 3.37. The van der Waals surface area contributed by atoms with E-state index in [0.717, 1.165) is 41.0 Å². The predicted molar refractivity (Wildman–Crippen MR) is 125 cm³/mol. The number of ether oxygens (including phenoxy) is 1. The maximum Gasteiger partial charge on any atom is 0.414 e. The molecule has 3 heterocycles. The summed E-state index contributed by atoms with van der Waals surface area (Å²) in [7, 11) is -3.78.